The molecule has 2 aliphatic carbocycles. The molecular formula is C48H34N2S. The molecule has 3 heteroatoms. The number of allylic oxidation sites excluding steroid dienone is 2. The molecule has 0 amide bonds. The number of thiophene rings is 1. The smallest absolute Gasteiger partial charge is 0.0808 e. The first kappa shape index (κ1) is 28.9. The van der Waals surface area contributed by atoms with Gasteiger partial charge >= 0.3 is 0 Å². The maximum atomic E-state index is 2.59. The molecule has 3 unspecified atom stereocenters. The van der Waals surface area contributed by atoms with Crippen molar-refractivity contribution >= 4 is 44.5 Å². The highest BCUT2D eigenvalue weighted by Crippen LogP contribution is 2.60. The monoisotopic (exact) mass is 670 g/mol. The van der Waals surface area contributed by atoms with Gasteiger partial charge in [-0.3, -0.25) is 0 Å². The van der Waals surface area contributed by atoms with Gasteiger partial charge in [-0.25, -0.2) is 0 Å². The third-order valence-electron chi connectivity index (χ3n) is 11.8. The molecule has 0 saturated carbocycles. The number of fused-ring (bicyclic) bond motifs is 9. The second kappa shape index (κ2) is 10.6. The second-order valence-corrected chi connectivity index (χ2v) is 15.2. The lowest BCUT2D eigenvalue weighted by Crippen LogP contribution is -2.42. The molecule has 0 bridgehead atoms. The van der Waals surface area contributed by atoms with Gasteiger partial charge in [0.05, 0.1) is 22.0 Å². The Kier molecular flexibility index (Phi) is 5.98. The molecule has 8 aromatic rings. The summed E-state index contributed by atoms with van der Waals surface area (Å²) < 4.78 is 2.45. The molecule has 11 rings (SSSR count). The van der Waals surface area contributed by atoms with E-state index in [1.54, 1.807) is 0 Å². The molecule has 2 nitrogen and oxygen atoms in total. The van der Waals surface area contributed by atoms with E-state index in [4.69, 9.17) is 0 Å². The Labute approximate surface area is 301 Å². The van der Waals surface area contributed by atoms with Crippen LogP contribution in [0.15, 0.2) is 181 Å². The van der Waals surface area contributed by atoms with E-state index in [0.29, 0.717) is 0 Å². The van der Waals surface area contributed by atoms with E-state index in [-0.39, 0.29) is 11.5 Å². The summed E-state index contributed by atoms with van der Waals surface area (Å²) in [6, 6.07) is 56.8. The summed E-state index contributed by atoms with van der Waals surface area (Å²) in [7, 11) is 0. The van der Waals surface area contributed by atoms with Crippen LogP contribution in [0.5, 0.6) is 0 Å². The summed E-state index contributed by atoms with van der Waals surface area (Å²) in [5, 5.41) is 4.79. The maximum Gasteiger partial charge on any atom is 0.0808 e. The number of hydrogen-bond donors (Lipinski definition) is 0. The first-order chi connectivity index (χ1) is 25.2. The molecule has 3 heterocycles. The van der Waals surface area contributed by atoms with Crippen molar-refractivity contribution in [2.45, 2.75) is 23.8 Å². The number of nitrogens with zero attached hydrogens (tertiary/aromatic N) is 2. The van der Waals surface area contributed by atoms with Crippen LogP contribution in [0.1, 0.15) is 40.0 Å². The van der Waals surface area contributed by atoms with Crippen LogP contribution in [0, 0.1) is 0 Å². The predicted octanol–water partition coefficient (Wildman–Crippen LogP) is 12.3. The highest BCUT2D eigenvalue weighted by Gasteiger charge is 2.50. The average molecular weight is 671 g/mol. The molecule has 1 aliphatic heterocycles. The van der Waals surface area contributed by atoms with Crippen LogP contribution in [-0.2, 0) is 5.41 Å². The molecule has 0 fully saturated rings. The summed E-state index contributed by atoms with van der Waals surface area (Å²) in [6.45, 7) is 2.39. The summed E-state index contributed by atoms with van der Waals surface area (Å²) >= 11 is 1.85. The van der Waals surface area contributed by atoms with Gasteiger partial charge in [0.15, 0.2) is 0 Å². The van der Waals surface area contributed by atoms with Crippen molar-refractivity contribution in [1.29, 1.82) is 0 Å². The lowest BCUT2D eigenvalue weighted by Gasteiger charge is -2.40. The van der Waals surface area contributed by atoms with Crippen molar-refractivity contribution in [3.05, 3.63) is 208 Å². The molecule has 0 spiro atoms. The Morgan fingerprint density at radius 1 is 0.588 bits per heavy atom. The highest BCUT2D eigenvalue weighted by molar-refractivity contribution is 7.10. The normalized spacial score (nSPS) is 21.2. The molecule has 3 atom stereocenters. The van der Waals surface area contributed by atoms with Gasteiger partial charge < -0.3 is 9.47 Å². The number of benzene rings is 6. The first-order valence-corrected chi connectivity index (χ1v) is 18.7. The fourth-order valence-electron chi connectivity index (χ4n) is 9.66. The number of para-hydroxylation sites is 3. The van der Waals surface area contributed by atoms with Crippen molar-refractivity contribution in [2.75, 3.05) is 4.90 Å². The molecule has 242 valence electrons. The molecule has 0 N–H and O–H groups in total. The van der Waals surface area contributed by atoms with Crippen LogP contribution in [0.3, 0.4) is 0 Å². The minimum atomic E-state index is -0.493. The Bertz CT molecular complexity index is 2680. The van der Waals surface area contributed by atoms with Crippen molar-refractivity contribution in [3.63, 3.8) is 0 Å². The van der Waals surface area contributed by atoms with E-state index in [1.165, 1.54) is 77.1 Å². The largest absolute Gasteiger partial charge is 0.331 e. The van der Waals surface area contributed by atoms with Gasteiger partial charge in [0, 0.05) is 38.6 Å². The number of hydrogen-bond acceptors (Lipinski definition) is 2. The van der Waals surface area contributed by atoms with Gasteiger partial charge in [-0.15, -0.1) is 11.3 Å². The van der Waals surface area contributed by atoms with Gasteiger partial charge in [0.25, 0.3) is 0 Å². The zero-order chi connectivity index (χ0) is 33.7. The van der Waals surface area contributed by atoms with Crippen LogP contribution < -0.4 is 4.90 Å². The van der Waals surface area contributed by atoms with Crippen molar-refractivity contribution < 1.29 is 0 Å². The zero-order valence-corrected chi connectivity index (χ0v) is 29.0. The van der Waals surface area contributed by atoms with Gasteiger partial charge in [-0.05, 0) is 94.2 Å². The van der Waals surface area contributed by atoms with Crippen molar-refractivity contribution in [2.24, 2.45) is 0 Å². The third kappa shape index (κ3) is 3.76. The highest BCUT2D eigenvalue weighted by atomic mass is 32.1. The van der Waals surface area contributed by atoms with Crippen LogP contribution in [0.4, 0.5) is 11.4 Å². The zero-order valence-electron chi connectivity index (χ0n) is 28.2. The number of rotatable bonds is 4. The van der Waals surface area contributed by atoms with Gasteiger partial charge in [-0.1, -0.05) is 127 Å². The quantitative estimate of drug-likeness (QED) is 0.181. The van der Waals surface area contributed by atoms with Crippen molar-refractivity contribution in [3.8, 4) is 16.8 Å². The molecular weight excluding hydrogens is 637 g/mol. The summed E-state index contributed by atoms with van der Waals surface area (Å²) in [4.78, 5) is 3.92. The molecule has 6 aromatic carbocycles. The van der Waals surface area contributed by atoms with Crippen molar-refractivity contribution in [1.82, 2.24) is 4.57 Å². The predicted molar refractivity (Wildman–Crippen MR) is 214 cm³/mol. The third-order valence-corrected chi connectivity index (χ3v) is 12.8. The van der Waals surface area contributed by atoms with Gasteiger partial charge in [0.2, 0.25) is 0 Å². The molecule has 51 heavy (non-hydrogen) atoms. The minimum absolute atomic E-state index is 0.208. The van der Waals surface area contributed by atoms with Crippen LogP contribution in [-0.4, -0.2) is 10.1 Å². The Hall–Kier alpha value is -5.90. The van der Waals surface area contributed by atoms with E-state index in [0.717, 1.165) is 0 Å². The number of anilines is 2. The SMILES string of the molecule is CC12C=CC=CC1c1ccccc1N2c1ccc2c(c1)C(c1ccccc1)(c1cccs1)c1cc(-n3c4ccccc4c4ccccc43)ccc1-2. The average Bonchev–Trinajstić information content (AvgIpc) is 3.95. The van der Waals surface area contributed by atoms with Gasteiger partial charge in [0.1, 0.15) is 0 Å². The fourth-order valence-corrected chi connectivity index (χ4v) is 10.6. The van der Waals surface area contributed by atoms with Gasteiger partial charge in [-0.2, -0.15) is 0 Å². The number of aromatic nitrogens is 1. The van der Waals surface area contributed by atoms with Crippen LogP contribution in [0.25, 0.3) is 38.6 Å². The minimum Gasteiger partial charge on any atom is -0.331 e. The standard InChI is InChI=1S/C48H34N2S/c1-47-28-12-11-19-40(47)39-18-7-10-22-45(39)50(47)34-25-27-36-35-26-24-33(49-43-20-8-5-16-37(43)38-17-6-9-21-44(38)49)30-41(35)48(42(36)31-34,46-23-13-29-51-46)32-14-3-2-4-15-32/h2-31,40H,1H3. The lowest BCUT2D eigenvalue weighted by atomic mass is 9.71. The molecule has 0 radical (unpaired) electrons. The summed E-state index contributed by atoms with van der Waals surface area (Å²) in [6.07, 6.45) is 9.19. The Morgan fingerprint density at radius 3 is 1.96 bits per heavy atom. The summed E-state index contributed by atoms with van der Waals surface area (Å²) in [5.74, 6) is 0.286. The van der Waals surface area contributed by atoms with E-state index in [2.05, 4.69) is 198 Å². The van der Waals surface area contributed by atoms with E-state index in [9.17, 15) is 0 Å². The molecule has 2 aromatic heterocycles. The second-order valence-electron chi connectivity index (χ2n) is 14.3. The molecule has 3 aliphatic rings. The van der Waals surface area contributed by atoms with Crippen LogP contribution >= 0.6 is 11.3 Å². The first-order valence-electron chi connectivity index (χ1n) is 17.8. The van der Waals surface area contributed by atoms with Crippen LogP contribution in [0.2, 0.25) is 0 Å². The topological polar surface area (TPSA) is 8.17 Å². The molecule has 0 saturated heterocycles. The summed E-state index contributed by atoms with van der Waals surface area (Å²) in [5.41, 5.74) is 13.4. The maximum absolute atomic E-state index is 2.59. The van der Waals surface area contributed by atoms with E-state index >= 15 is 0 Å². The fraction of sp³-hybridized carbons (Fsp3) is 0.0833. The Balaban J connectivity index is 1.20. The van der Waals surface area contributed by atoms with E-state index < -0.39 is 5.41 Å². The van der Waals surface area contributed by atoms with E-state index in [1.807, 2.05) is 11.3 Å². The lowest BCUT2D eigenvalue weighted by molar-refractivity contribution is 0.542. The Morgan fingerprint density at radius 2 is 1.24 bits per heavy atom.